The fourth-order valence-electron chi connectivity index (χ4n) is 3.40. The number of aromatic hydroxyl groups is 1. The van der Waals surface area contributed by atoms with Crippen LogP contribution < -0.4 is 20.6 Å². The summed E-state index contributed by atoms with van der Waals surface area (Å²) in [5.74, 6) is 2.45. The molecule has 0 amide bonds. The van der Waals surface area contributed by atoms with Gasteiger partial charge in [0.2, 0.25) is 0 Å². The number of nitriles is 1. The van der Waals surface area contributed by atoms with Crippen molar-refractivity contribution in [2.75, 3.05) is 38.2 Å². The van der Waals surface area contributed by atoms with Crippen LogP contribution in [0.4, 0.5) is 0 Å². The molecule has 2 heterocycles. The number of halogens is 4. The largest absolute Gasteiger partial charge is 0.778 e. The fraction of sp³-hybridized carbons (Fsp3) is 0.357. The summed E-state index contributed by atoms with van der Waals surface area (Å²) < 4.78 is 19.3. The molecule has 3 aromatic rings. The molecule has 0 radical (unpaired) electrons. The number of hydrogen-bond donors (Lipinski definition) is 4. The van der Waals surface area contributed by atoms with Gasteiger partial charge in [0.25, 0.3) is 0 Å². The van der Waals surface area contributed by atoms with Crippen molar-refractivity contribution in [3.8, 4) is 35.6 Å². The van der Waals surface area contributed by atoms with Crippen LogP contribution in [0, 0.1) is 23.7 Å². The molecular formula is C28H32Br2Cl2N5O8PS. The number of carboxylic acid groups (broad SMARTS) is 1. The number of fused-ring (bicyclic) bond motifs is 1. The highest BCUT2D eigenvalue weighted by Gasteiger charge is 2.20. The van der Waals surface area contributed by atoms with Gasteiger partial charge in [-0.2, -0.15) is 9.94 Å². The second-order valence-corrected chi connectivity index (χ2v) is 16.3. The number of phenols is 1. The lowest BCUT2D eigenvalue weighted by Gasteiger charge is -2.14. The highest BCUT2D eigenvalue weighted by atomic mass is 79.9. The van der Waals surface area contributed by atoms with Gasteiger partial charge in [-0.3, -0.25) is 14.7 Å². The number of aliphatic carboxylic acids is 1. The number of ether oxygens (including phenoxy) is 1. The maximum absolute atomic E-state index is 12.5. The second kappa shape index (κ2) is 20.8. The number of nitrogens with one attached hydrogen (secondary N) is 1. The lowest BCUT2D eigenvalue weighted by Crippen LogP contribution is -2.26. The molecule has 0 spiro atoms. The molecule has 19 heteroatoms. The van der Waals surface area contributed by atoms with E-state index in [-0.39, 0.29) is 18.0 Å². The quantitative estimate of drug-likeness (QED) is 0.151. The van der Waals surface area contributed by atoms with Crippen molar-refractivity contribution in [1.29, 1.82) is 5.26 Å². The lowest BCUT2D eigenvalue weighted by atomic mass is 10.2. The molecule has 1 aliphatic rings. The first-order valence-electron chi connectivity index (χ1n) is 13.2. The molecule has 1 atom stereocenters. The normalized spacial score (nSPS) is 12.7. The number of terminal acetylenes is 1. The van der Waals surface area contributed by atoms with Crippen molar-refractivity contribution in [2.24, 2.45) is 0 Å². The van der Waals surface area contributed by atoms with E-state index in [9.17, 15) is 24.2 Å². The van der Waals surface area contributed by atoms with Crippen molar-refractivity contribution < 1.29 is 34.1 Å². The molecule has 47 heavy (non-hydrogen) atoms. The molecule has 1 unspecified atom stereocenters. The van der Waals surface area contributed by atoms with Crippen LogP contribution >= 0.6 is 62.7 Å². The first kappa shape index (κ1) is 42.5. The van der Waals surface area contributed by atoms with E-state index in [1.54, 1.807) is 22.8 Å². The molecule has 1 aliphatic heterocycles. The van der Waals surface area contributed by atoms with Gasteiger partial charge >= 0.3 is 11.7 Å². The Kier molecular flexibility index (Phi) is 18.8. The molecule has 4 N–H and O–H groups in total. The van der Waals surface area contributed by atoms with Gasteiger partial charge in [-0.05, 0) is 73.8 Å². The smallest absolute Gasteiger partial charge is 0.350 e. The van der Waals surface area contributed by atoms with Crippen molar-refractivity contribution in [3.05, 3.63) is 65.1 Å². The summed E-state index contributed by atoms with van der Waals surface area (Å²) in [5, 5.41) is 32.7. The molecule has 2 aromatic carbocycles. The Morgan fingerprint density at radius 1 is 1.21 bits per heavy atom. The minimum Gasteiger partial charge on any atom is -0.778 e. The maximum atomic E-state index is 12.5. The van der Waals surface area contributed by atoms with Crippen LogP contribution in [-0.2, 0) is 33.2 Å². The van der Waals surface area contributed by atoms with Crippen LogP contribution in [0.25, 0.3) is 5.69 Å². The summed E-state index contributed by atoms with van der Waals surface area (Å²) in [6.07, 6.45) is 13.8. The first-order valence-corrected chi connectivity index (χ1v) is 19.7. The molecule has 0 saturated heterocycles. The van der Waals surface area contributed by atoms with Crippen LogP contribution in [0.15, 0.2) is 38.0 Å². The number of carboxylic acids is 1. The van der Waals surface area contributed by atoms with Crippen molar-refractivity contribution in [2.45, 2.75) is 25.8 Å². The Bertz CT molecular complexity index is 1690. The zero-order chi connectivity index (χ0) is 35.9. The minimum atomic E-state index is -4.35. The molecule has 4 rings (SSSR count). The monoisotopic (exact) mass is 857 g/mol. The van der Waals surface area contributed by atoms with E-state index in [4.69, 9.17) is 49.6 Å². The number of benzene rings is 2. The van der Waals surface area contributed by atoms with Crippen molar-refractivity contribution in [3.63, 3.8) is 0 Å². The highest BCUT2D eigenvalue weighted by Crippen LogP contribution is 2.34. The number of nitrogens with zero attached hydrogens (tertiary/aromatic N) is 4. The number of hydrogen-bond acceptors (Lipinski definition) is 9. The van der Waals surface area contributed by atoms with Crippen LogP contribution in [-0.4, -0.2) is 73.6 Å². The van der Waals surface area contributed by atoms with E-state index >= 15 is 0 Å². The third-order valence-electron chi connectivity index (χ3n) is 5.25. The Morgan fingerprint density at radius 3 is 2.30 bits per heavy atom. The van der Waals surface area contributed by atoms with Gasteiger partial charge in [0, 0.05) is 19.0 Å². The van der Waals surface area contributed by atoms with Crippen LogP contribution in [0.2, 0.25) is 10.0 Å². The molecule has 1 aromatic heterocycles. The molecule has 0 saturated carbocycles. The van der Waals surface area contributed by atoms with Crippen molar-refractivity contribution in [1.82, 2.24) is 19.7 Å². The summed E-state index contributed by atoms with van der Waals surface area (Å²) in [7, 11) is -3.71. The van der Waals surface area contributed by atoms with Gasteiger partial charge < -0.3 is 29.3 Å². The fourth-order valence-corrected chi connectivity index (χ4v) is 5.50. The van der Waals surface area contributed by atoms with E-state index in [0.29, 0.717) is 53.4 Å². The topological polar surface area (TPSA) is 203 Å². The molecule has 0 bridgehead atoms. The number of carbonyl (C=O) groups is 1. The van der Waals surface area contributed by atoms with E-state index < -0.39 is 26.4 Å². The Hall–Kier alpha value is -2.50. The Morgan fingerprint density at radius 2 is 1.81 bits per heavy atom. The maximum Gasteiger partial charge on any atom is 0.350 e. The average Bonchev–Trinajstić information content (AvgIpc) is 3.30. The second-order valence-electron chi connectivity index (χ2n) is 9.69. The Balaban J connectivity index is 0.000000371. The predicted octanol–water partition coefficient (Wildman–Crippen LogP) is 4.14. The summed E-state index contributed by atoms with van der Waals surface area (Å²) in [4.78, 5) is 40.2. The van der Waals surface area contributed by atoms with Crippen molar-refractivity contribution >= 4 is 79.5 Å². The number of phenolic OH excluding ortho intramolecular Hbond substituents is 1. The molecule has 13 nitrogen and oxygen atoms in total. The van der Waals surface area contributed by atoms with Gasteiger partial charge in [0.1, 0.15) is 31.5 Å². The van der Waals surface area contributed by atoms with Crippen LogP contribution in [0.3, 0.4) is 0 Å². The van der Waals surface area contributed by atoms with E-state index in [1.807, 2.05) is 11.4 Å². The Labute approximate surface area is 301 Å². The van der Waals surface area contributed by atoms with Gasteiger partial charge in [-0.15, -0.1) is 11.5 Å². The highest BCUT2D eigenvalue weighted by molar-refractivity contribution is 9.11. The van der Waals surface area contributed by atoms with Gasteiger partial charge in [-0.25, -0.2) is 4.79 Å². The lowest BCUT2D eigenvalue weighted by molar-refractivity contribution is -0.193. The third kappa shape index (κ3) is 15.5. The van der Waals surface area contributed by atoms with Gasteiger partial charge in [0.05, 0.1) is 67.9 Å². The SMILES string of the molecule is C#CCOc1cc(-n2nc3n(c2=O)CCCC3)c(Cl)cc1Cl.C[S+](C)C.N#Cc1cc(Br)c(O)c(Br)c1.O=C(O)CNCP(=O)([O-])O. The number of aryl methyl sites for hydroxylation is 1. The van der Waals surface area contributed by atoms with Crippen LogP contribution in [0.5, 0.6) is 11.5 Å². The van der Waals surface area contributed by atoms with Crippen LogP contribution in [0.1, 0.15) is 24.2 Å². The third-order valence-corrected chi connectivity index (χ3v) is 7.68. The minimum absolute atomic E-state index is 0.0788. The van der Waals surface area contributed by atoms with E-state index in [2.05, 4.69) is 61.6 Å². The number of aromatic nitrogens is 3. The summed E-state index contributed by atoms with van der Waals surface area (Å²) in [5.41, 5.74) is 0.730. The standard InChI is InChI=1S/C15H13Cl2N3O2.C7H3Br2NO.C3H8NO5P.C3H9S/c1-2-7-22-13-9-12(10(16)8-11(13)17)20-15(21)19-6-4-3-5-14(19)18-20;8-5-1-4(3-10)2-6(9)7(5)11;5-3(6)1-4-2-10(7,8)9;1-4(2)3/h1,8-9H,3-7H2;1-2,11H;4H,1-2H2,(H,5,6)(H2,7,8,9);1-3H3/q;;;+1/p-1. The summed E-state index contributed by atoms with van der Waals surface area (Å²) >= 11 is 18.5. The molecule has 256 valence electrons. The average molecular weight is 860 g/mol. The van der Waals surface area contributed by atoms with E-state index in [0.717, 1.165) is 25.1 Å². The van der Waals surface area contributed by atoms with Gasteiger partial charge in [-0.1, -0.05) is 29.1 Å². The molecular weight excluding hydrogens is 828 g/mol. The summed E-state index contributed by atoms with van der Waals surface area (Å²) in [6.45, 7) is 0.280. The zero-order valence-corrected chi connectivity index (χ0v) is 31.8. The predicted molar refractivity (Wildman–Crippen MR) is 189 cm³/mol. The molecule has 0 fully saturated rings. The van der Waals surface area contributed by atoms with Gasteiger partial charge in [0.15, 0.2) is 0 Å². The first-order chi connectivity index (χ1) is 21.9. The van der Waals surface area contributed by atoms with E-state index in [1.165, 1.54) is 10.7 Å². The number of rotatable bonds is 7. The zero-order valence-electron chi connectivity index (χ0n) is 25.4. The summed E-state index contributed by atoms with van der Waals surface area (Å²) in [6, 6.07) is 8.18. The molecule has 0 aliphatic carbocycles.